The quantitative estimate of drug-likeness (QED) is 0.694. The van der Waals surface area contributed by atoms with Crippen LogP contribution in [0.15, 0.2) is 18.2 Å². The van der Waals surface area contributed by atoms with Crippen LogP contribution in [0.4, 0.5) is 0 Å². The highest BCUT2D eigenvalue weighted by Crippen LogP contribution is 2.68. The van der Waals surface area contributed by atoms with Crippen molar-refractivity contribution in [2.24, 2.45) is 5.92 Å². The van der Waals surface area contributed by atoms with Gasteiger partial charge in [-0.2, -0.15) is 0 Å². The Labute approximate surface area is 187 Å². The van der Waals surface area contributed by atoms with E-state index < -0.39 is 5.60 Å². The molecule has 4 nitrogen and oxygen atoms in total. The summed E-state index contributed by atoms with van der Waals surface area (Å²) in [5.74, 6) is 1.26. The highest BCUT2D eigenvalue weighted by molar-refractivity contribution is 5.50. The minimum Gasteiger partial charge on any atom is -0.508 e. The van der Waals surface area contributed by atoms with Crippen molar-refractivity contribution >= 4 is 0 Å². The standard InChI is InChI=1S/C27H39NO3/c1-3-9-24(2,30)17-25-10-4-11-27(31-25)23-14-20-7-8-21(29)15-22(20)26(27,18-25)12-13-28(23)16-19-5-6-19/h7-8,15,19,23,29-30H,3-6,9-14,16-18H2,1-2H3. The van der Waals surface area contributed by atoms with Gasteiger partial charge in [-0.25, -0.2) is 0 Å². The number of nitrogens with zero attached hydrogens (tertiary/aromatic N) is 1. The molecule has 5 atom stereocenters. The molecule has 31 heavy (non-hydrogen) atoms. The topological polar surface area (TPSA) is 52.9 Å². The van der Waals surface area contributed by atoms with Crippen LogP contribution in [-0.4, -0.2) is 51.0 Å². The van der Waals surface area contributed by atoms with Crippen molar-refractivity contribution < 1.29 is 14.9 Å². The summed E-state index contributed by atoms with van der Waals surface area (Å²) in [6.45, 7) is 6.54. The van der Waals surface area contributed by atoms with Gasteiger partial charge in [-0.1, -0.05) is 19.4 Å². The fraction of sp³-hybridized carbons (Fsp3) is 0.778. The molecule has 3 aliphatic heterocycles. The monoisotopic (exact) mass is 425 g/mol. The maximum atomic E-state index is 11.2. The zero-order valence-corrected chi connectivity index (χ0v) is 19.3. The number of phenols is 1. The van der Waals surface area contributed by atoms with Crippen LogP contribution in [0.3, 0.4) is 0 Å². The molecule has 5 aliphatic rings. The minimum atomic E-state index is -0.680. The van der Waals surface area contributed by atoms with Crippen molar-refractivity contribution in [1.82, 2.24) is 4.90 Å². The Hall–Kier alpha value is -1.10. The molecule has 1 saturated carbocycles. The number of fused-ring (bicyclic) bond motifs is 2. The second-order valence-corrected chi connectivity index (χ2v) is 12.0. The average molecular weight is 426 g/mol. The Morgan fingerprint density at radius 1 is 1.23 bits per heavy atom. The molecule has 5 unspecified atom stereocenters. The Morgan fingerprint density at radius 3 is 2.84 bits per heavy atom. The molecule has 1 aromatic carbocycles. The third-order valence-corrected chi connectivity index (χ3v) is 9.52. The van der Waals surface area contributed by atoms with Gasteiger partial charge in [0, 0.05) is 24.4 Å². The van der Waals surface area contributed by atoms with Gasteiger partial charge in [0.05, 0.1) is 16.8 Å². The highest BCUT2D eigenvalue weighted by atomic mass is 16.5. The van der Waals surface area contributed by atoms with E-state index in [1.165, 1.54) is 36.9 Å². The molecule has 4 heteroatoms. The number of phenolic OH excluding ortho intramolecular Hbond substituents is 1. The van der Waals surface area contributed by atoms with E-state index in [4.69, 9.17) is 4.74 Å². The lowest BCUT2D eigenvalue weighted by molar-refractivity contribution is -0.215. The van der Waals surface area contributed by atoms with Crippen LogP contribution < -0.4 is 0 Å². The fourth-order valence-electron chi connectivity index (χ4n) is 8.47. The maximum absolute atomic E-state index is 11.2. The summed E-state index contributed by atoms with van der Waals surface area (Å²) in [6, 6.07) is 6.54. The Kier molecular flexibility index (Phi) is 4.44. The van der Waals surface area contributed by atoms with Crippen molar-refractivity contribution in [3.05, 3.63) is 29.3 Å². The Balaban J connectivity index is 1.46. The first-order chi connectivity index (χ1) is 14.8. The Bertz CT molecular complexity index is 879. The Morgan fingerprint density at radius 2 is 2.06 bits per heavy atom. The van der Waals surface area contributed by atoms with Crippen LogP contribution in [-0.2, 0) is 16.6 Å². The van der Waals surface area contributed by atoms with Gasteiger partial charge in [0.2, 0.25) is 0 Å². The smallest absolute Gasteiger partial charge is 0.115 e. The summed E-state index contributed by atoms with van der Waals surface area (Å²) < 4.78 is 7.36. The van der Waals surface area contributed by atoms with Gasteiger partial charge in [-0.3, -0.25) is 4.90 Å². The largest absolute Gasteiger partial charge is 0.508 e. The molecule has 6 rings (SSSR count). The van der Waals surface area contributed by atoms with E-state index in [0.29, 0.717) is 11.8 Å². The number of benzene rings is 1. The van der Waals surface area contributed by atoms with E-state index >= 15 is 0 Å². The molecule has 3 saturated heterocycles. The lowest BCUT2D eigenvalue weighted by Crippen LogP contribution is -2.70. The molecule has 4 bridgehead atoms. The number of aromatic hydroxyl groups is 1. The van der Waals surface area contributed by atoms with Gasteiger partial charge in [-0.05, 0) is 100 Å². The van der Waals surface area contributed by atoms with Gasteiger partial charge in [0.1, 0.15) is 5.75 Å². The van der Waals surface area contributed by atoms with Gasteiger partial charge in [0.15, 0.2) is 0 Å². The number of piperidine rings is 1. The predicted molar refractivity (Wildman–Crippen MR) is 121 cm³/mol. The molecule has 1 aromatic rings. The fourth-order valence-corrected chi connectivity index (χ4v) is 8.47. The van der Waals surface area contributed by atoms with E-state index in [9.17, 15) is 10.2 Å². The SMILES string of the molecule is CCCC(C)(O)CC12CCCC3(O1)C1Cc4ccc(O)cc4C3(CCN1CC1CC1)C2. The summed E-state index contributed by atoms with van der Waals surface area (Å²) >= 11 is 0. The van der Waals surface area contributed by atoms with Crippen molar-refractivity contribution in [3.8, 4) is 5.75 Å². The lowest BCUT2D eigenvalue weighted by atomic mass is 9.53. The van der Waals surface area contributed by atoms with Crippen LogP contribution in [0.5, 0.6) is 5.75 Å². The molecule has 3 heterocycles. The van der Waals surface area contributed by atoms with Crippen LogP contribution >= 0.6 is 0 Å². The molecule has 2 N–H and O–H groups in total. The van der Waals surface area contributed by atoms with Crippen molar-refractivity contribution in [2.75, 3.05) is 13.1 Å². The van der Waals surface area contributed by atoms with Gasteiger partial charge >= 0.3 is 0 Å². The first kappa shape index (κ1) is 20.5. The second kappa shape index (κ2) is 6.71. The summed E-state index contributed by atoms with van der Waals surface area (Å²) in [6.07, 6.45) is 11.8. The van der Waals surface area contributed by atoms with Gasteiger partial charge in [-0.15, -0.1) is 0 Å². The molecule has 0 radical (unpaired) electrons. The van der Waals surface area contributed by atoms with Crippen molar-refractivity contribution in [3.63, 3.8) is 0 Å². The molecule has 4 fully saturated rings. The molecular formula is C27H39NO3. The zero-order valence-electron chi connectivity index (χ0n) is 19.3. The number of aliphatic hydroxyl groups is 1. The average Bonchev–Trinajstić information content (AvgIpc) is 3.47. The van der Waals surface area contributed by atoms with E-state index in [-0.39, 0.29) is 16.6 Å². The van der Waals surface area contributed by atoms with E-state index in [1.807, 2.05) is 13.0 Å². The van der Waals surface area contributed by atoms with Gasteiger partial charge in [0.25, 0.3) is 0 Å². The summed E-state index contributed by atoms with van der Waals surface area (Å²) in [5.41, 5.74) is 1.66. The number of ether oxygens (including phenoxy) is 1. The number of likely N-dealkylation sites (tertiary alicyclic amines) is 1. The summed E-state index contributed by atoms with van der Waals surface area (Å²) in [5, 5.41) is 21.7. The summed E-state index contributed by atoms with van der Waals surface area (Å²) in [4.78, 5) is 2.78. The summed E-state index contributed by atoms with van der Waals surface area (Å²) in [7, 11) is 0. The van der Waals surface area contributed by atoms with Crippen LogP contribution in [0.25, 0.3) is 0 Å². The maximum Gasteiger partial charge on any atom is 0.115 e. The number of hydrogen-bond donors (Lipinski definition) is 2. The highest BCUT2D eigenvalue weighted by Gasteiger charge is 2.73. The van der Waals surface area contributed by atoms with E-state index in [0.717, 1.165) is 63.8 Å². The van der Waals surface area contributed by atoms with Crippen LogP contribution in [0.2, 0.25) is 0 Å². The third-order valence-electron chi connectivity index (χ3n) is 9.52. The first-order valence-electron chi connectivity index (χ1n) is 12.8. The third kappa shape index (κ3) is 2.97. The van der Waals surface area contributed by atoms with Gasteiger partial charge < -0.3 is 14.9 Å². The van der Waals surface area contributed by atoms with E-state index in [1.54, 1.807) is 0 Å². The first-order valence-corrected chi connectivity index (χ1v) is 12.8. The molecule has 0 aromatic heterocycles. The van der Waals surface area contributed by atoms with Crippen LogP contribution in [0, 0.1) is 5.92 Å². The predicted octanol–water partition coefficient (Wildman–Crippen LogP) is 4.69. The van der Waals surface area contributed by atoms with Crippen molar-refractivity contribution in [2.45, 2.75) is 113 Å². The minimum absolute atomic E-state index is 0.0250. The second-order valence-electron chi connectivity index (χ2n) is 12.0. The molecule has 170 valence electrons. The normalized spacial score (nSPS) is 40.8. The molecular weight excluding hydrogens is 386 g/mol. The zero-order chi connectivity index (χ0) is 21.5. The molecule has 1 spiro atoms. The lowest BCUT2D eigenvalue weighted by Gasteiger charge is -2.61. The van der Waals surface area contributed by atoms with Crippen LogP contribution in [0.1, 0.15) is 89.2 Å². The molecule has 0 amide bonds. The number of hydrogen-bond acceptors (Lipinski definition) is 4. The van der Waals surface area contributed by atoms with Crippen molar-refractivity contribution in [1.29, 1.82) is 0 Å². The van der Waals surface area contributed by atoms with E-state index in [2.05, 4.69) is 24.0 Å². The number of rotatable bonds is 6. The molecule has 2 aliphatic carbocycles.